The van der Waals surface area contributed by atoms with Gasteiger partial charge in [0.25, 0.3) is 0 Å². The van der Waals surface area contributed by atoms with Crippen LogP contribution in [0.5, 0.6) is 0 Å². The average Bonchev–Trinajstić information content (AvgIpc) is 2.62. The number of hydrogen-bond acceptors (Lipinski definition) is 4. The van der Waals surface area contributed by atoms with Gasteiger partial charge in [0.1, 0.15) is 5.82 Å². The molecule has 2 aromatic carbocycles. The molecule has 1 aliphatic carbocycles. The van der Waals surface area contributed by atoms with Crippen molar-refractivity contribution in [2.75, 3.05) is 5.32 Å². The van der Waals surface area contributed by atoms with Crippen LogP contribution in [0.1, 0.15) is 39.5 Å². The van der Waals surface area contributed by atoms with Crippen LogP contribution in [0.4, 0.5) is 16.0 Å². The van der Waals surface area contributed by atoms with Crippen molar-refractivity contribution in [3.05, 3.63) is 82.9 Å². The number of carbonyl (C=O) groups excluding carboxylic acids is 1. The molecule has 0 fully saturated rings. The molecule has 26 heavy (non-hydrogen) atoms. The maximum atomic E-state index is 13.2. The third-order valence-electron chi connectivity index (χ3n) is 4.66. The van der Waals surface area contributed by atoms with E-state index in [-0.39, 0.29) is 17.5 Å². The Hall–Kier alpha value is -3.08. The monoisotopic (exact) mass is 347 g/mol. The molecule has 4 nitrogen and oxygen atoms in total. The first-order valence-electron chi connectivity index (χ1n) is 8.57. The highest BCUT2D eigenvalue weighted by Gasteiger charge is 2.28. The summed E-state index contributed by atoms with van der Waals surface area (Å²) in [6.07, 6.45) is 2.63. The Morgan fingerprint density at radius 1 is 1.12 bits per heavy atom. The molecule has 1 N–H and O–H groups in total. The van der Waals surface area contributed by atoms with E-state index in [0.717, 1.165) is 22.5 Å². The molecular formula is C21H18FN3O. The molecule has 4 rings (SSSR count). The van der Waals surface area contributed by atoms with E-state index in [1.807, 2.05) is 31.2 Å². The summed E-state index contributed by atoms with van der Waals surface area (Å²) in [4.78, 5) is 21.3. The number of aromatic nitrogens is 2. The second-order valence-corrected chi connectivity index (χ2v) is 6.63. The number of benzene rings is 2. The van der Waals surface area contributed by atoms with E-state index in [0.29, 0.717) is 24.4 Å². The van der Waals surface area contributed by atoms with Crippen molar-refractivity contribution in [1.82, 2.24) is 9.97 Å². The smallest absolute Gasteiger partial charge is 0.227 e. The average molecular weight is 347 g/mol. The van der Waals surface area contributed by atoms with Crippen LogP contribution in [0.25, 0.3) is 0 Å². The number of hydrogen-bond donors (Lipinski definition) is 1. The predicted molar refractivity (Wildman–Crippen MR) is 98.3 cm³/mol. The fraction of sp³-hybridized carbons (Fsp3) is 0.190. The lowest BCUT2D eigenvalue weighted by atomic mass is 9.82. The van der Waals surface area contributed by atoms with E-state index in [1.165, 1.54) is 12.1 Å². The number of ketones is 1. The fourth-order valence-electron chi connectivity index (χ4n) is 3.33. The predicted octanol–water partition coefficient (Wildman–Crippen LogP) is 4.58. The molecule has 1 aliphatic rings. The summed E-state index contributed by atoms with van der Waals surface area (Å²) < 4.78 is 13.2. The quantitative estimate of drug-likeness (QED) is 0.753. The van der Waals surface area contributed by atoms with Crippen LogP contribution < -0.4 is 5.32 Å². The minimum atomic E-state index is -0.275. The van der Waals surface area contributed by atoms with E-state index in [1.54, 1.807) is 18.3 Å². The summed E-state index contributed by atoms with van der Waals surface area (Å²) in [5, 5.41) is 3.19. The van der Waals surface area contributed by atoms with Crippen LogP contribution in [0.2, 0.25) is 0 Å². The van der Waals surface area contributed by atoms with Crippen LogP contribution in [0.15, 0.2) is 54.7 Å². The fourth-order valence-corrected chi connectivity index (χ4v) is 3.33. The largest absolute Gasteiger partial charge is 0.324 e. The van der Waals surface area contributed by atoms with Gasteiger partial charge in [-0.2, -0.15) is 0 Å². The molecule has 1 atom stereocenters. The van der Waals surface area contributed by atoms with Crippen molar-refractivity contribution in [2.24, 2.45) is 0 Å². The van der Waals surface area contributed by atoms with E-state index in [4.69, 9.17) is 0 Å². The second kappa shape index (κ2) is 6.67. The zero-order chi connectivity index (χ0) is 18.1. The Labute approximate surface area is 151 Å². The van der Waals surface area contributed by atoms with Crippen LogP contribution >= 0.6 is 0 Å². The van der Waals surface area contributed by atoms with Gasteiger partial charge in [-0.15, -0.1) is 0 Å². The first-order chi connectivity index (χ1) is 12.6. The molecule has 0 aliphatic heterocycles. The van der Waals surface area contributed by atoms with Crippen molar-refractivity contribution in [3.8, 4) is 0 Å². The lowest BCUT2D eigenvalue weighted by molar-refractivity contribution is 0.0962. The van der Waals surface area contributed by atoms with Crippen molar-refractivity contribution < 1.29 is 9.18 Å². The maximum absolute atomic E-state index is 13.2. The molecule has 0 saturated carbocycles. The summed E-state index contributed by atoms with van der Waals surface area (Å²) in [6.45, 7) is 2.02. The highest BCUT2D eigenvalue weighted by Crippen LogP contribution is 2.32. The number of nitrogens with zero attached hydrogens (tertiary/aromatic N) is 2. The number of halogens is 1. The molecule has 3 aromatic rings. The zero-order valence-electron chi connectivity index (χ0n) is 14.4. The first-order valence-corrected chi connectivity index (χ1v) is 8.57. The number of anilines is 2. The van der Waals surface area contributed by atoms with Crippen molar-refractivity contribution in [2.45, 2.75) is 25.7 Å². The molecule has 0 bridgehead atoms. The SMILES string of the molecule is Cc1cccc(Nc2ncc3c(n2)CC(c2ccc(F)cc2)CC3=O)c1. The van der Waals surface area contributed by atoms with E-state index in [9.17, 15) is 9.18 Å². The van der Waals surface area contributed by atoms with Crippen molar-refractivity contribution in [1.29, 1.82) is 0 Å². The van der Waals surface area contributed by atoms with Crippen LogP contribution in [0, 0.1) is 12.7 Å². The lowest BCUT2D eigenvalue weighted by Crippen LogP contribution is -2.21. The van der Waals surface area contributed by atoms with Crippen LogP contribution in [-0.2, 0) is 6.42 Å². The van der Waals surface area contributed by atoms with Gasteiger partial charge in [0.2, 0.25) is 5.95 Å². The minimum absolute atomic E-state index is 0.0114. The summed E-state index contributed by atoms with van der Waals surface area (Å²) in [7, 11) is 0. The summed E-state index contributed by atoms with van der Waals surface area (Å²) in [6, 6.07) is 14.3. The molecule has 0 radical (unpaired) electrons. The number of rotatable bonds is 3. The van der Waals surface area contributed by atoms with Crippen molar-refractivity contribution in [3.63, 3.8) is 0 Å². The molecule has 130 valence electrons. The molecule has 1 unspecified atom stereocenters. The molecular weight excluding hydrogens is 329 g/mol. The van der Waals surface area contributed by atoms with Gasteiger partial charge in [0.05, 0.1) is 11.3 Å². The van der Waals surface area contributed by atoms with Gasteiger partial charge in [-0.25, -0.2) is 14.4 Å². The third-order valence-corrected chi connectivity index (χ3v) is 4.66. The number of carbonyl (C=O) groups is 1. The summed E-state index contributed by atoms with van der Waals surface area (Å²) in [5.74, 6) is 0.241. The second-order valence-electron chi connectivity index (χ2n) is 6.63. The van der Waals surface area contributed by atoms with Crippen molar-refractivity contribution >= 4 is 17.4 Å². The summed E-state index contributed by atoms with van der Waals surface area (Å²) >= 11 is 0. The van der Waals surface area contributed by atoms with Gasteiger partial charge < -0.3 is 5.32 Å². The lowest BCUT2D eigenvalue weighted by Gasteiger charge is -2.23. The molecule has 1 heterocycles. The number of aryl methyl sites for hydroxylation is 1. The highest BCUT2D eigenvalue weighted by atomic mass is 19.1. The van der Waals surface area contributed by atoms with Gasteiger partial charge in [-0.3, -0.25) is 4.79 Å². The van der Waals surface area contributed by atoms with E-state index >= 15 is 0 Å². The Balaban J connectivity index is 1.61. The van der Waals surface area contributed by atoms with Gasteiger partial charge in [0, 0.05) is 18.3 Å². The van der Waals surface area contributed by atoms with Gasteiger partial charge in [-0.05, 0) is 54.7 Å². The number of nitrogens with one attached hydrogen (secondary N) is 1. The van der Waals surface area contributed by atoms with Gasteiger partial charge in [0.15, 0.2) is 5.78 Å². The zero-order valence-corrected chi connectivity index (χ0v) is 14.4. The molecule has 0 saturated heterocycles. The normalized spacial score (nSPS) is 16.2. The van der Waals surface area contributed by atoms with E-state index < -0.39 is 0 Å². The topological polar surface area (TPSA) is 54.9 Å². The van der Waals surface area contributed by atoms with Crippen LogP contribution in [0.3, 0.4) is 0 Å². The van der Waals surface area contributed by atoms with E-state index in [2.05, 4.69) is 15.3 Å². The number of fused-ring (bicyclic) bond motifs is 1. The first kappa shape index (κ1) is 16.4. The highest BCUT2D eigenvalue weighted by molar-refractivity contribution is 5.98. The molecule has 0 spiro atoms. The standard InChI is InChI=1S/C21H18FN3O/c1-13-3-2-4-17(9-13)24-21-23-12-18-19(25-21)10-15(11-20(18)26)14-5-7-16(22)8-6-14/h2-9,12,15H,10-11H2,1H3,(H,23,24,25). The Bertz CT molecular complexity index is 969. The van der Waals surface area contributed by atoms with Gasteiger partial charge in [-0.1, -0.05) is 24.3 Å². The third kappa shape index (κ3) is 3.33. The molecule has 1 aromatic heterocycles. The molecule has 5 heteroatoms. The Morgan fingerprint density at radius 2 is 1.92 bits per heavy atom. The maximum Gasteiger partial charge on any atom is 0.227 e. The minimum Gasteiger partial charge on any atom is -0.324 e. The van der Waals surface area contributed by atoms with Gasteiger partial charge >= 0.3 is 0 Å². The number of Topliss-reactive ketones (excluding diaryl/α,β-unsaturated/α-hetero) is 1. The van der Waals surface area contributed by atoms with Crippen LogP contribution in [-0.4, -0.2) is 15.8 Å². The Kier molecular flexibility index (Phi) is 4.21. The summed E-state index contributed by atoms with van der Waals surface area (Å²) in [5.41, 5.74) is 4.32. The molecule has 0 amide bonds. The Morgan fingerprint density at radius 3 is 2.69 bits per heavy atom.